The lowest BCUT2D eigenvalue weighted by molar-refractivity contribution is -0.397. The molecule has 1 spiro atoms. The first-order valence-corrected chi connectivity index (χ1v) is 27.1. The lowest BCUT2D eigenvalue weighted by atomic mass is 9.41. The molecule has 26 nitrogen and oxygen atoms in total. The summed E-state index contributed by atoms with van der Waals surface area (Å²) in [6, 6.07) is 6.96. The molecule has 2 bridgehead atoms. The van der Waals surface area contributed by atoms with Crippen molar-refractivity contribution in [2.45, 2.75) is 207 Å². The van der Waals surface area contributed by atoms with E-state index in [-0.39, 0.29) is 23.7 Å². The highest BCUT2D eigenvalue weighted by Gasteiger charge is 2.68. The van der Waals surface area contributed by atoms with Gasteiger partial charge in [0.15, 0.2) is 25.0 Å². The summed E-state index contributed by atoms with van der Waals surface area (Å²) in [6.45, 7) is 5.80. The van der Waals surface area contributed by atoms with Crippen molar-refractivity contribution in [1.29, 1.82) is 0 Å². The Morgan fingerprint density at radius 2 is 1.22 bits per heavy atom. The molecule has 15 N–H and O–H groups in total. The lowest BCUT2D eigenvalue weighted by Crippen LogP contribution is -2.67. The van der Waals surface area contributed by atoms with E-state index in [4.69, 9.17) is 37.9 Å². The van der Waals surface area contributed by atoms with Crippen LogP contribution in [0.2, 0.25) is 0 Å². The number of carbonyl (C=O) groups is 3. The van der Waals surface area contributed by atoms with Gasteiger partial charge in [0.05, 0.1) is 31.3 Å². The Hall–Kier alpha value is -3.43. The molecule has 4 aliphatic carbocycles. The number of fused-ring (bicyclic) bond motifs is 3. The molecule has 0 radical (unpaired) electrons. The van der Waals surface area contributed by atoms with E-state index in [0.717, 1.165) is 5.57 Å². The number of nitrogens with one attached hydrogen (secondary N) is 1. The average molecular weight is 1130 g/mol. The summed E-state index contributed by atoms with van der Waals surface area (Å²) in [4.78, 5) is 40.6. The van der Waals surface area contributed by atoms with E-state index in [1.54, 1.807) is 37.3 Å². The summed E-state index contributed by atoms with van der Waals surface area (Å²) in [5.74, 6) is -4.26. The molecule has 4 saturated heterocycles. The molecule has 0 aromatic heterocycles. The van der Waals surface area contributed by atoms with Gasteiger partial charge in [0, 0.05) is 12.3 Å². The molecule has 4 heterocycles. The zero-order chi connectivity index (χ0) is 57.2. The standard InChI is InChI=1S/C53H77NO25/c1-21-16-53-13-10-29-51(2,11-7-12-52(29,3)50(71)79-48-40(67)36(63)37(64)42(77-48)44(68)54-24(45(69)70)14-22-8-5-4-6-9-22)30(53)15-25(23(21)17-53)72-49-43(78-47-39(66)35(62)32(59)27(19-56)74-47)41(33(60)28(20-57)75-49)76-46-38(65)34(61)31(58)26(18-55)73-46/h4-6,8-9,23-43,46-49,55-67H,1,7,10-20H2,2-3H3,(H,54,68)(H,69,70)/t23?,24-,25?,26-,27-,28-,29+,30+,31-,32-,33-,34+,35+,36+,37+,38-,39-,40-,41?,42+,43-,46+,47+,48?,49-,51-,52-,53?/m1/s1. The van der Waals surface area contributed by atoms with Crippen LogP contribution >= 0.6 is 0 Å². The number of carboxylic acids is 1. The largest absolute Gasteiger partial charge is 0.480 e. The SMILES string of the molecule is C=C1CC23CC[C@H]4[C@@](C)(CCC[C@@]4(C)C(=O)OC4O[C@H](C(=O)N[C@H](Cc5ccccc5)C(=O)O)[C@@H](O)[C@H](O)[C@H]4O)[C@@H]2CC(O[C@@H]2O[C@H](CO)[C@@H](O)C(O[C@@H]4O[C@H](CO)[C@@H](O)[C@H](O)[C@H]4O)[C@H]2O[C@@H]2O[C@H](CO)[C@@H](O)[C@H](O)[C@H]2O)C1C3. The minimum absolute atomic E-state index is 0.135. The smallest absolute Gasteiger partial charge is 0.326 e. The fraction of sp³-hybridized carbons (Fsp3) is 0.792. The maximum Gasteiger partial charge on any atom is 0.326 e. The Balaban J connectivity index is 0.968. The fourth-order valence-electron chi connectivity index (χ4n) is 14.7. The normalized spacial score (nSPS) is 48.3. The van der Waals surface area contributed by atoms with E-state index in [2.05, 4.69) is 18.8 Å². The molecule has 1 amide bonds. The van der Waals surface area contributed by atoms with Crippen molar-refractivity contribution in [2.24, 2.45) is 34.0 Å². The summed E-state index contributed by atoms with van der Waals surface area (Å²) in [6.07, 6.45) is -33.6. The maximum atomic E-state index is 14.8. The van der Waals surface area contributed by atoms with E-state index < -0.39 is 189 Å². The van der Waals surface area contributed by atoms with Crippen molar-refractivity contribution < 1.29 is 124 Å². The van der Waals surface area contributed by atoms with Crippen LogP contribution in [0.15, 0.2) is 42.5 Å². The van der Waals surface area contributed by atoms with Gasteiger partial charge in [-0.2, -0.15) is 0 Å². The molecule has 5 unspecified atom stereocenters. The van der Waals surface area contributed by atoms with Gasteiger partial charge < -0.3 is 115 Å². The zero-order valence-electron chi connectivity index (χ0n) is 43.8. The molecule has 26 heteroatoms. The van der Waals surface area contributed by atoms with Crippen LogP contribution in [0, 0.1) is 34.0 Å². The Labute approximate surface area is 454 Å². The fourth-order valence-corrected chi connectivity index (χ4v) is 14.7. The monoisotopic (exact) mass is 1130 g/mol. The van der Waals surface area contributed by atoms with Crippen LogP contribution in [0.3, 0.4) is 0 Å². The van der Waals surface area contributed by atoms with Crippen LogP contribution in [0.25, 0.3) is 0 Å². The molecular weight excluding hydrogens is 1050 g/mol. The van der Waals surface area contributed by atoms with Crippen molar-refractivity contribution in [1.82, 2.24) is 5.32 Å². The van der Waals surface area contributed by atoms with Crippen molar-refractivity contribution in [3.05, 3.63) is 48.0 Å². The van der Waals surface area contributed by atoms with Gasteiger partial charge in [-0.05, 0) is 80.1 Å². The second-order valence-electron chi connectivity index (χ2n) is 23.5. The maximum absolute atomic E-state index is 14.8. The van der Waals surface area contributed by atoms with E-state index in [9.17, 15) is 85.9 Å². The van der Waals surface area contributed by atoms with E-state index >= 15 is 0 Å². The number of aliphatic carboxylic acids is 1. The molecule has 4 saturated carbocycles. The molecular formula is C53H77NO25. The van der Waals surface area contributed by atoms with Crippen molar-refractivity contribution in [3.8, 4) is 0 Å². The number of esters is 1. The van der Waals surface area contributed by atoms with Crippen LogP contribution in [0.5, 0.6) is 0 Å². The second kappa shape index (κ2) is 23.7. The molecule has 444 valence electrons. The first kappa shape index (κ1) is 60.2. The van der Waals surface area contributed by atoms with Crippen LogP contribution in [0.4, 0.5) is 0 Å². The number of hydrogen-bond acceptors (Lipinski definition) is 24. The Bertz CT molecular complexity index is 2320. The van der Waals surface area contributed by atoms with Gasteiger partial charge >= 0.3 is 11.9 Å². The summed E-state index contributed by atoms with van der Waals surface area (Å²) >= 11 is 0. The number of hydrogen-bond donors (Lipinski definition) is 15. The van der Waals surface area contributed by atoms with Gasteiger partial charge in [0.1, 0.15) is 97.6 Å². The molecule has 79 heavy (non-hydrogen) atoms. The summed E-state index contributed by atoms with van der Waals surface area (Å²) < 4.78 is 48.6. The van der Waals surface area contributed by atoms with E-state index in [1.807, 2.05) is 0 Å². The van der Waals surface area contributed by atoms with Crippen molar-refractivity contribution in [3.63, 3.8) is 0 Å². The number of aliphatic hydroxyl groups excluding tert-OH is 13. The molecule has 1 aromatic rings. The number of carbonyl (C=O) groups excluding carboxylic acids is 2. The third-order valence-electron chi connectivity index (χ3n) is 18.9. The molecule has 8 fully saturated rings. The van der Waals surface area contributed by atoms with E-state index in [1.165, 1.54) is 0 Å². The highest BCUT2D eigenvalue weighted by atomic mass is 16.8. The van der Waals surface area contributed by atoms with Crippen LogP contribution in [-0.2, 0) is 58.7 Å². The van der Waals surface area contributed by atoms with Gasteiger partial charge in [-0.15, -0.1) is 0 Å². The zero-order valence-corrected chi connectivity index (χ0v) is 43.8. The predicted molar refractivity (Wildman–Crippen MR) is 262 cm³/mol. The molecule has 9 rings (SSSR count). The highest BCUT2D eigenvalue weighted by Crippen LogP contribution is 2.72. The van der Waals surface area contributed by atoms with Gasteiger partial charge in [0.2, 0.25) is 6.29 Å². The number of amides is 1. The highest BCUT2D eigenvalue weighted by molar-refractivity contribution is 5.87. The number of ether oxygens (including phenoxy) is 8. The minimum atomic E-state index is -2.05. The number of rotatable bonds is 16. The van der Waals surface area contributed by atoms with Gasteiger partial charge in [-0.1, -0.05) is 55.8 Å². The molecule has 4 aliphatic heterocycles. The number of aliphatic hydroxyl groups is 13. The van der Waals surface area contributed by atoms with Crippen LogP contribution < -0.4 is 5.32 Å². The van der Waals surface area contributed by atoms with Gasteiger partial charge in [-0.25, -0.2) is 4.79 Å². The summed E-state index contributed by atoms with van der Waals surface area (Å²) in [7, 11) is 0. The van der Waals surface area contributed by atoms with Crippen molar-refractivity contribution in [2.75, 3.05) is 19.8 Å². The number of carboxylic acid groups (broad SMARTS) is 1. The Kier molecular flexibility index (Phi) is 18.0. The third-order valence-corrected chi connectivity index (χ3v) is 18.9. The average Bonchev–Trinajstić information content (AvgIpc) is 3.91. The minimum Gasteiger partial charge on any atom is -0.480 e. The van der Waals surface area contributed by atoms with E-state index in [0.29, 0.717) is 56.9 Å². The lowest BCUT2D eigenvalue weighted by Gasteiger charge is -2.64. The first-order chi connectivity index (χ1) is 37.4. The van der Waals surface area contributed by atoms with Crippen LogP contribution in [-0.4, -0.2) is 244 Å². The molecule has 8 aliphatic rings. The summed E-state index contributed by atoms with van der Waals surface area (Å²) in [5.41, 5.74) is -0.808. The molecule has 1 aromatic carbocycles. The van der Waals surface area contributed by atoms with Crippen LogP contribution in [0.1, 0.15) is 70.8 Å². The third kappa shape index (κ3) is 11.0. The number of benzene rings is 1. The van der Waals surface area contributed by atoms with Crippen molar-refractivity contribution >= 4 is 17.8 Å². The first-order valence-electron chi connectivity index (χ1n) is 27.1. The Morgan fingerprint density at radius 3 is 1.81 bits per heavy atom. The summed E-state index contributed by atoms with van der Waals surface area (Å²) in [5, 5.41) is 153. The van der Waals surface area contributed by atoms with Gasteiger partial charge in [0.25, 0.3) is 5.91 Å². The van der Waals surface area contributed by atoms with Gasteiger partial charge in [-0.3, -0.25) is 9.59 Å². The quantitative estimate of drug-likeness (QED) is 0.0422. The topological polar surface area (TPSA) is 420 Å². The Morgan fingerprint density at radius 1 is 0.658 bits per heavy atom. The molecule has 28 atom stereocenters. The predicted octanol–water partition coefficient (Wildman–Crippen LogP) is -4.44. The second-order valence-corrected chi connectivity index (χ2v) is 23.5.